The molecule has 0 bridgehead atoms. The Morgan fingerprint density at radius 3 is 2.00 bits per heavy atom. The van der Waals surface area contributed by atoms with Crippen LogP contribution in [-0.2, 0) is 0 Å². The highest BCUT2D eigenvalue weighted by Crippen LogP contribution is 2.38. The van der Waals surface area contributed by atoms with Crippen molar-refractivity contribution in [3.63, 3.8) is 0 Å². The molecule has 6 aromatic carbocycles. The molecule has 4 nitrogen and oxygen atoms in total. The van der Waals surface area contributed by atoms with Gasteiger partial charge in [0.15, 0.2) is 5.58 Å². The number of aromatic nitrogens is 3. The molecule has 9 rings (SSSR count). The predicted octanol–water partition coefficient (Wildman–Crippen LogP) is 10.5. The summed E-state index contributed by atoms with van der Waals surface area (Å²) >= 11 is 0. The largest absolute Gasteiger partial charge is 0.452 e. The van der Waals surface area contributed by atoms with Crippen molar-refractivity contribution in [1.82, 2.24) is 14.5 Å². The summed E-state index contributed by atoms with van der Waals surface area (Å²) in [6.45, 7) is 0. The summed E-state index contributed by atoms with van der Waals surface area (Å²) < 4.78 is 8.74. The number of para-hydroxylation sites is 2. The predicted molar refractivity (Wildman–Crippen MR) is 180 cm³/mol. The highest BCUT2D eigenvalue weighted by Gasteiger charge is 2.17. The van der Waals surface area contributed by atoms with Gasteiger partial charge in [0.1, 0.15) is 23.1 Å². The number of hydrogen-bond donors (Lipinski definition) is 0. The lowest BCUT2D eigenvalue weighted by Crippen LogP contribution is -1.92. The van der Waals surface area contributed by atoms with Crippen molar-refractivity contribution in [3.8, 4) is 39.2 Å². The Morgan fingerprint density at radius 1 is 0.455 bits per heavy atom. The van der Waals surface area contributed by atoms with Crippen molar-refractivity contribution in [2.45, 2.75) is 0 Å². The van der Waals surface area contributed by atoms with Crippen LogP contribution in [0.4, 0.5) is 0 Å². The summed E-state index contributed by atoms with van der Waals surface area (Å²) in [4.78, 5) is 9.36. The van der Waals surface area contributed by atoms with E-state index in [1.807, 2.05) is 12.1 Å². The van der Waals surface area contributed by atoms with Gasteiger partial charge in [0.25, 0.3) is 0 Å². The van der Waals surface area contributed by atoms with Crippen molar-refractivity contribution < 1.29 is 4.42 Å². The first-order chi connectivity index (χ1) is 21.8. The zero-order chi connectivity index (χ0) is 29.0. The molecule has 44 heavy (non-hydrogen) atoms. The molecule has 0 unspecified atom stereocenters. The molecule has 0 saturated heterocycles. The van der Waals surface area contributed by atoms with Crippen LogP contribution in [0.15, 0.2) is 156 Å². The summed E-state index contributed by atoms with van der Waals surface area (Å²) in [5.74, 6) is 0. The molecular weight excluding hydrogens is 538 g/mol. The minimum Gasteiger partial charge on any atom is -0.452 e. The van der Waals surface area contributed by atoms with E-state index in [1.54, 1.807) is 6.33 Å². The van der Waals surface area contributed by atoms with Gasteiger partial charge in [0, 0.05) is 27.4 Å². The first-order valence-electron chi connectivity index (χ1n) is 14.7. The van der Waals surface area contributed by atoms with Crippen molar-refractivity contribution in [2.75, 3.05) is 0 Å². The fourth-order valence-corrected chi connectivity index (χ4v) is 6.45. The van der Waals surface area contributed by atoms with Crippen LogP contribution < -0.4 is 0 Å². The Bertz CT molecular complexity index is 2490. The molecule has 0 radical (unpaired) electrons. The smallest absolute Gasteiger partial charge is 0.180 e. The molecule has 0 fully saturated rings. The molecule has 0 N–H and O–H groups in total. The third kappa shape index (κ3) is 3.85. The Balaban J connectivity index is 1.17. The lowest BCUT2D eigenvalue weighted by Gasteiger charge is -2.09. The molecule has 0 spiro atoms. The van der Waals surface area contributed by atoms with Gasteiger partial charge in [-0.25, -0.2) is 9.97 Å². The maximum atomic E-state index is 6.40. The lowest BCUT2D eigenvalue weighted by atomic mass is 9.99. The molecule has 0 aliphatic rings. The van der Waals surface area contributed by atoms with E-state index in [-0.39, 0.29) is 0 Å². The minimum atomic E-state index is 0.700. The van der Waals surface area contributed by atoms with Crippen LogP contribution in [0.5, 0.6) is 0 Å². The Morgan fingerprint density at radius 2 is 1.11 bits per heavy atom. The third-order valence-electron chi connectivity index (χ3n) is 8.51. The van der Waals surface area contributed by atoms with Crippen molar-refractivity contribution in [3.05, 3.63) is 152 Å². The Kier molecular flexibility index (Phi) is 5.47. The molecule has 0 aliphatic heterocycles. The van der Waals surface area contributed by atoms with E-state index in [2.05, 4.69) is 143 Å². The van der Waals surface area contributed by atoms with Crippen LogP contribution in [0.25, 0.3) is 83.1 Å². The fourth-order valence-electron chi connectivity index (χ4n) is 6.45. The number of benzene rings is 6. The van der Waals surface area contributed by atoms with Gasteiger partial charge >= 0.3 is 0 Å². The number of furan rings is 1. The molecule has 0 amide bonds. The van der Waals surface area contributed by atoms with Crippen LogP contribution in [0, 0.1) is 0 Å². The number of hydrogen-bond acceptors (Lipinski definition) is 3. The lowest BCUT2D eigenvalue weighted by molar-refractivity contribution is 0.667. The van der Waals surface area contributed by atoms with Gasteiger partial charge in [0.2, 0.25) is 0 Å². The SMILES string of the molecule is c1ccc(-c2ccc3oc4c(-c5cccc(-c6ccc7c(c6)c6ccccc6n7-c6ccccc6)c5)ncnc4c3c2)cc1. The highest BCUT2D eigenvalue weighted by atomic mass is 16.3. The topological polar surface area (TPSA) is 43.9 Å². The highest BCUT2D eigenvalue weighted by molar-refractivity contribution is 6.11. The monoisotopic (exact) mass is 563 g/mol. The van der Waals surface area contributed by atoms with Crippen LogP contribution in [0.2, 0.25) is 0 Å². The molecule has 0 atom stereocenters. The normalized spacial score (nSPS) is 11.6. The van der Waals surface area contributed by atoms with E-state index in [0.29, 0.717) is 5.58 Å². The van der Waals surface area contributed by atoms with E-state index < -0.39 is 0 Å². The van der Waals surface area contributed by atoms with E-state index in [9.17, 15) is 0 Å². The molecule has 0 aliphatic carbocycles. The van der Waals surface area contributed by atoms with Gasteiger partial charge in [-0.1, -0.05) is 97.1 Å². The zero-order valence-corrected chi connectivity index (χ0v) is 23.7. The van der Waals surface area contributed by atoms with Gasteiger partial charge < -0.3 is 8.98 Å². The quantitative estimate of drug-likeness (QED) is 0.214. The molecule has 3 aromatic heterocycles. The summed E-state index contributed by atoms with van der Waals surface area (Å²) in [6, 6.07) is 51.1. The van der Waals surface area contributed by atoms with E-state index in [1.165, 1.54) is 21.8 Å². The van der Waals surface area contributed by atoms with Crippen molar-refractivity contribution in [1.29, 1.82) is 0 Å². The van der Waals surface area contributed by atoms with Crippen LogP contribution >= 0.6 is 0 Å². The van der Waals surface area contributed by atoms with Gasteiger partial charge in [0.05, 0.1) is 11.0 Å². The first kappa shape index (κ1) is 24.6. The molecule has 9 aromatic rings. The van der Waals surface area contributed by atoms with Crippen molar-refractivity contribution in [2.24, 2.45) is 0 Å². The summed E-state index contributed by atoms with van der Waals surface area (Å²) in [7, 11) is 0. The summed E-state index contributed by atoms with van der Waals surface area (Å²) in [5, 5.41) is 3.45. The van der Waals surface area contributed by atoms with Gasteiger partial charge in [-0.2, -0.15) is 0 Å². The summed E-state index contributed by atoms with van der Waals surface area (Å²) in [6.07, 6.45) is 1.64. The van der Waals surface area contributed by atoms with E-state index in [0.717, 1.165) is 55.7 Å². The second kappa shape index (κ2) is 9.79. The van der Waals surface area contributed by atoms with Gasteiger partial charge in [-0.15, -0.1) is 0 Å². The van der Waals surface area contributed by atoms with Gasteiger partial charge in [-0.05, 0) is 70.8 Å². The average Bonchev–Trinajstić information content (AvgIpc) is 3.64. The second-order valence-electron chi connectivity index (χ2n) is 11.1. The van der Waals surface area contributed by atoms with Crippen molar-refractivity contribution >= 4 is 43.9 Å². The molecule has 3 heterocycles. The molecule has 0 saturated carbocycles. The first-order valence-corrected chi connectivity index (χ1v) is 14.7. The third-order valence-corrected chi connectivity index (χ3v) is 8.51. The zero-order valence-electron chi connectivity index (χ0n) is 23.7. The molecule has 4 heteroatoms. The van der Waals surface area contributed by atoms with Crippen LogP contribution in [-0.4, -0.2) is 14.5 Å². The summed E-state index contributed by atoms with van der Waals surface area (Å²) in [5.41, 5.74) is 12.2. The average molecular weight is 564 g/mol. The number of rotatable bonds is 4. The van der Waals surface area contributed by atoms with Crippen LogP contribution in [0.1, 0.15) is 0 Å². The Labute approximate surface area is 253 Å². The number of fused-ring (bicyclic) bond motifs is 6. The standard InChI is InChI=1S/C40H25N3O/c1-3-10-26(11-4-1)28-19-21-37-34(24-28)39-40(44-37)38(41-25-42-39)30-13-9-12-27(22-30)29-18-20-36-33(23-29)32-16-7-8-17-35(32)43(36)31-14-5-2-6-15-31/h1-25H. The molecule has 206 valence electrons. The maximum Gasteiger partial charge on any atom is 0.180 e. The van der Waals surface area contributed by atoms with Gasteiger partial charge in [-0.3, -0.25) is 0 Å². The van der Waals surface area contributed by atoms with E-state index in [4.69, 9.17) is 9.40 Å². The van der Waals surface area contributed by atoms with Crippen LogP contribution in [0.3, 0.4) is 0 Å². The molecular formula is C40H25N3O. The maximum absolute atomic E-state index is 6.40. The second-order valence-corrected chi connectivity index (χ2v) is 11.1. The Hall–Kier alpha value is -6.00. The minimum absolute atomic E-state index is 0.700. The fraction of sp³-hybridized carbons (Fsp3) is 0. The number of nitrogens with zero attached hydrogens (tertiary/aromatic N) is 3. The van der Waals surface area contributed by atoms with E-state index >= 15 is 0 Å².